The molecule has 312 valence electrons. The van der Waals surface area contributed by atoms with Gasteiger partial charge in [-0.2, -0.15) is 0 Å². The first-order valence-corrected chi connectivity index (χ1v) is 23.4. The van der Waals surface area contributed by atoms with Crippen LogP contribution in [-0.2, 0) is 0 Å². The Morgan fingerprint density at radius 3 is 1.61 bits per heavy atom. The molecule has 4 heterocycles. The van der Waals surface area contributed by atoms with Crippen LogP contribution in [0, 0.1) is 0 Å². The van der Waals surface area contributed by atoms with Crippen LogP contribution in [-0.4, -0.2) is 24.1 Å². The highest BCUT2D eigenvalue weighted by Crippen LogP contribution is 2.50. The SMILES string of the molecule is c1ccc(-c2ccc3cc(-c4nc(-c5ccc(-c6ccc7c(c6)Sc6cccc8c9c%10ccccc%10n(-c%10ccccc%10)c9n-7c68)cc5)nc(-c5ccc6ccccc6c5)n4)ccc3c2)cc1. The molecule has 1 aliphatic heterocycles. The lowest BCUT2D eigenvalue weighted by Crippen LogP contribution is -2.05. The Morgan fingerprint density at radius 1 is 0.328 bits per heavy atom. The molecule has 0 spiro atoms. The molecule has 0 aliphatic carbocycles. The van der Waals surface area contributed by atoms with E-state index in [-0.39, 0.29) is 0 Å². The van der Waals surface area contributed by atoms with Crippen molar-refractivity contribution < 1.29 is 0 Å². The van der Waals surface area contributed by atoms with Crippen molar-refractivity contribution in [3.05, 3.63) is 224 Å². The van der Waals surface area contributed by atoms with E-state index >= 15 is 0 Å². The summed E-state index contributed by atoms with van der Waals surface area (Å²) in [6.45, 7) is 0. The minimum atomic E-state index is 0.631. The van der Waals surface area contributed by atoms with Crippen molar-refractivity contribution >= 4 is 66.1 Å². The molecule has 6 heteroatoms. The van der Waals surface area contributed by atoms with Gasteiger partial charge in [0.2, 0.25) is 0 Å². The number of fused-ring (bicyclic) bond motifs is 9. The number of para-hydroxylation sites is 3. The molecule has 5 nitrogen and oxygen atoms in total. The van der Waals surface area contributed by atoms with Crippen molar-refractivity contribution in [3.63, 3.8) is 0 Å². The summed E-state index contributed by atoms with van der Waals surface area (Å²) in [6, 6.07) is 80.3. The molecule has 0 unspecified atom stereocenters. The second kappa shape index (κ2) is 15.0. The van der Waals surface area contributed by atoms with Crippen molar-refractivity contribution in [3.8, 4) is 67.8 Å². The maximum absolute atomic E-state index is 5.17. The van der Waals surface area contributed by atoms with Gasteiger partial charge in [0.15, 0.2) is 17.5 Å². The predicted molar refractivity (Wildman–Crippen MR) is 277 cm³/mol. The summed E-state index contributed by atoms with van der Waals surface area (Å²) in [6.07, 6.45) is 0. The van der Waals surface area contributed by atoms with Crippen LogP contribution in [0.15, 0.2) is 234 Å². The Labute approximate surface area is 390 Å². The summed E-state index contributed by atoms with van der Waals surface area (Å²) >= 11 is 1.85. The third-order valence-corrected chi connectivity index (χ3v) is 14.4. The molecule has 0 fully saturated rings. The van der Waals surface area contributed by atoms with E-state index in [1.54, 1.807) is 0 Å². The first-order chi connectivity index (χ1) is 33.2. The molecule has 3 aromatic heterocycles. The molecule has 0 radical (unpaired) electrons. The second-order valence-electron chi connectivity index (χ2n) is 17.2. The normalized spacial score (nSPS) is 12.1. The summed E-state index contributed by atoms with van der Waals surface area (Å²) in [4.78, 5) is 17.9. The lowest BCUT2D eigenvalue weighted by Gasteiger charge is -2.22. The first-order valence-electron chi connectivity index (χ1n) is 22.6. The monoisotopic (exact) mass is 871 g/mol. The van der Waals surface area contributed by atoms with Crippen LogP contribution in [0.2, 0.25) is 0 Å². The van der Waals surface area contributed by atoms with Gasteiger partial charge in [-0.3, -0.25) is 9.13 Å². The molecular weight excluding hydrogens is 835 g/mol. The highest BCUT2D eigenvalue weighted by Gasteiger charge is 2.28. The fourth-order valence-electron chi connectivity index (χ4n) is 10.1. The molecular formula is C61H37N5S. The molecule has 67 heavy (non-hydrogen) atoms. The van der Waals surface area contributed by atoms with Gasteiger partial charge in [0.1, 0.15) is 5.65 Å². The highest BCUT2D eigenvalue weighted by atomic mass is 32.2. The lowest BCUT2D eigenvalue weighted by molar-refractivity contribution is 1.03. The third-order valence-electron chi connectivity index (χ3n) is 13.3. The molecule has 0 bridgehead atoms. The fraction of sp³-hybridized carbons (Fsp3) is 0. The number of hydrogen-bond donors (Lipinski definition) is 0. The van der Waals surface area contributed by atoms with Crippen molar-refractivity contribution in [2.24, 2.45) is 0 Å². The van der Waals surface area contributed by atoms with E-state index in [0.717, 1.165) is 44.3 Å². The van der Waals surface area contributed by atoms with Crippen LogP contribution in [0.3, 0.4) is 0 Å². The number of hydrogen-bond acceptors (Lipinski definition) is 4. The van der Waals surface area contributed by atoms with Gasteiger partial charge < -0.3 is 0 Å². The molecule has 0 N–H and O–H groups in total. The Bertz CT molecular complexity index is 4120. The Balaban J connectivity index is 0.861. The van der Waals surface area contributed by atoms with E-state index in [4.69, 9.17) is 15.0 Å². The number of aromatic nitrogens is 5. The molecule has 0 saturated heterocycles. The zero-order valence-corrected chi connectivity index (χ0v) is 36.8. The average molecular weight is 872 g/mol. The Hall–Kier alpha value is -8.58. The van der Waals surface area contributed by atoms with Gasteiger partial charge in [-0.1, -0.05) is 182 Å². The van der Waals surface area contributed by atoms with Crippen molar-refractivity contribution in [2.75, 3.05) is 0 Å². The quantitative estimate of drug-likeness (QED) is 0.167. The standard InChI is InChI=1S/C61H37N5S/c1-3-12-38(13-4-1)43-27-28-45-36-48(31-29-44(45)34-43)60-63-58(62-59(64-60)47-30-24-39-14-7-8-15-42(39)35-47)41-25-22-40(23-26-41)46-32-33-53-55(37-46)67-54-21-11-19-51-56-50-18-9-10-20-52(50)65(49-16-5-2-6-17-49)61(56)66(53)57(51)54/h1-37H. The van der Waals surface area contributed by atoms with E-state index < -0.39 is 0 Å². The number of rotatable bonds is 6. The lowest BCUT2D eigenvalue weighted by atomic mass is 10.00. The summed E-state index contributed by atoms with van der Waals surface area (Å²) < 4.78 is 4.93. The molecule has 0 saturated carbocycles. The van der Waals surface area contributed by atoms with Crippen LogP contribution >= 0.6 is 11.8 Å². The van der Waals surface area contributed by atoms with Crippen molar-refractivity contribution in [1.29, 1.82) is 0 Å². The molecule has 0 atom stereocenters. The maximum Gasteiger partial charge on any atom is 0.164 e. The Morgan fingerprint density at radius 2 is 0.851 bits per heavy atom. The van der Waals surface area contributed by atoms with E-state index in [9.17, 15) is 0 Å². The van der Waals surface area contributed by atoms with Gasteiger partial charge in [0, 0.05) is 48.3 Å². The summed E-state index contributed by atoms with van der Waals surface area (Å²) in [7, 11) is 0. The molecule has 0 amide bonds. The van der Waals surface area contributed by atoms with Gasteiger partial charge in [-0.05, 0) is 98.4 Å². The van der Waals surface area contributed by atoms with E-state index in [0.29, 0.717) is 17.5 Å². The van der Waals surface area contributed by atoms with Gasteiger partial charge in [0.25, 0.3) is 0 Å². The molecule has 10 aromatic carbocycles. The minimum absolute atomic E-state index is 0.631. The van der Waals surface area contributed by atoms with Crippen LogP contribution in [0.1, 0.15) is 0 Å². The molecule has 14 rings (SSSR count). The zero-order chi connectivity index (χ0) is 44.0. The number of nitrogens with zero attached hydrogens (tertiary/aromatic N) is 5. The topological polar surface area (TPSA) is 48.5 Å². The van der Waals surface area contributed by atoms with Gasteiger partial charge in [-0.25, -0.2) is 15.0 Å². The first kappa shape index (κ1) is 37.8. The smallest absolute Gasteiger partial charge is 0.164 e. The van der Waals surface area contributed by atoms with E-state index in [1.807, 2.05) is 11.8 Å². The second-order valence-corrected chi connectivity index (χ2v) is 18.3. The maximum atomic E-state index is 5.17. The van der Waals surface area contributed by atoms with Gasteiger partial charge >= 0.3 is 0 Å². The van der Waals surface area contributed by atoms with Crippen LogP contribution in [0.25, 0.3) is 122 Å². The van der Waals surface area contributed by atoms with Crippen LogP contribution in [0.4, 0.5) is 0 Å². The van der Waals surface area contributed by atoms with Crippen molar-refractivity contribution in [2.45, 2.75) is 9.79 Å². The summed E-state index contributed by atoms with van der Waals surface area (Å²) in [5.74, 6) is 1.91. The van der Waals surface area contributed by atoms with Gasteiger partial charge in [0.05, 0.1) is 16.7 Å². The number of benzene rings is 10. The third kappa shape index (κ3) is 6.14. The average Bonchev–Trinajstić information content (AvgIpc) is 3.92. The molecule has 13 aromatic rings. The van der Waals surface area contributed by atoms with Crippen LogP contribution < -0.4 is 0 Å². The summed E-state index contributed by atoms with van der Waals surface area (Å²) in [5, 5.41) is 8.44. The summed E-state index contributed by atoms with van der Waals surface area (Å²) in [5.41, 5.74) is 13.5. The van der Waals surface area contributed by atoms with Crippen molar-refractivity contribution in [1.82, 2.24) is 24.1 Å². The van der Waals surface area contributed by atoms with E-state index in [1.165, 1.54) is 70.2 Å². The van der Waals surface area contributed by atoms with Gasteiger partial charge in [-0.15, -0.1) is 0 Å². The minimum Gasteiger partial charge on any atom is -0.295 e. The highest BCUT2D eigenvalue weighted by molar-refractivity contribution is 7.99. The zero-order valence-electron chi connectivity index (χ0n) is 36.0. The Kier molecular flexibility index (Phi) is 8.45. The van der Waals surface area contributed by atoms with E-state index in [2.05, 4.69) is 234 Å². The molecule has 1 aliphatic rings. The fourth-order valence-corrected chi connectivity index (χ4v) is 11.2. The largest absolute Gasteiger partial charge is 0.295 e. The predicted octanol–water partition coefficient (Wildman–Crippen LogP) is 16.0. The van der Waals surface area contributed by atoms with Crippen LogP contribution in [0.5, 0.6) is 0 Å².